The smallest absolute Gasteiger partial charge is 0.320 e. The lowest BCUT2D eigenvalue weighted by Crippen LogP contribution is -2.32. The van der Waals surface area contributed by atoms with Gasteiger partial charge in [0.1, 0.15) is 6.04 Å². The van der Waals surface area contributed by atoms with Crippen LogP contribution in [0.3, 0.4) is 0 Å². The van der Waals surface area contributed by atoms with E-state index in [1.165, 1.54) is 44.9 Å². The summed E-state index contributed by atoms with van der Waals surface area (Å²) >= 11 is 0. The second kappa shape index (κ2) is 6.02. The summed E-state index contributed by atoms with van der Waals surface area (Å²) in [6, 6.07) is -0.653. The third-order valence-corrected chi connectivity index (χ3v) is 3.13. The third kappa shape index (κ3) is 4.09. The van der Waals surface area contributed by atoms with E-state index in [9.17, 15) is 4.79 Å². The lowest BCUT2D eigenvalue weighted by atomic mass is 9.87. The summed E-state index contributed by atoms with van der Waals surface area (Å²) in [4.78, 5) is 10.6. The molecule has 0 heterocycles. The maximum absolute atomic E-state index is 10.6. The number of carboxylic acids is 1. The highest BCUT2D eigenvalue weighted by atomic mass is 16.4. The average Bonchev–Trinajstić information content (AvgIpc) is 2.08. The lowest BCUT2D eigenvalue weighted by molar-refractivity contribution is -0.139. The highest BCUT2D eigenvalue weighted by Gasteiger charge is 2.19. The van der Waals surface area contributed by atoms with Crippen LogP contribution in [0.15, 0.2) is 0 Å². The van der Waals surface area contributed by atoms with Gasteiger partial charge in [-0.2, -0.15) is 0 Å². The van der Waals surface area contributed by atoms with E-state index in [2.05, 4.69) is 0 Å². The van der Waals surface area contributed by atoms with E-state index >= 15 is 0 Å². The van der Waals surface area contributed by atoms with Crippen LogP contribution in [-0.2, 0) is 4.79 Å². The first-order chi connectivity index (χ1) is 6.70. The Hall–Kier alpha value is -0.570. The topological polar surface area (TPSA) is 63.3 Å². The molecule has 0 radical (unpaired) electrons. The second-order valence-corrected chi connectivity index (χ2v) is 4.39. The molecular weight excluding hydrogens is 178 g/mol. The van der Waals surface area contributed by atoms with E-state index in [4.69, 9.17) is 10.8 Å². The van der Waals surface area contributed by atoms with Crippen molar-refractivity contribution in [3.63, 3.8) is 0 Å². The van der Waals surface area contributed by atoms with Gasteiger partial charge in [0.2, 0.25) is 0 Å². The Morgan fingerprint density at radius 1 is 1.21 bits per heavy atom. The highest BCUT2D eigenvalue weighted by molar-refractivity contribution is 5.73. The first kappa shape index (κ1) is 11.5. The number of carbonyl (C=O) groups is 1. The maximum Gasteiger partial charge on any atom is 0.320 e. The number of hydrogen-bond acceptors (Lipinski definition) is 2. The maximum atomic E-state index is 10.6. The zero-order valence-corrected chi connectivity index (χ0v) is 8.74. The van der Waals surface area contributed by atoms with Gasteiger partial charge >= 0.3 is 5.97 Å². The molecule has 1 fully saturated rings. The molecule has 3 N–H and O–H groups in total. The lowest BCUT2D eigenvalue weighted by Gasteiger charge is -2.21. The minimum Gasteiger partial charge on any atom is -0.480 e. The predicted molar refractivity (Wildman–Crippen MR) is 56.0 cm³/mol. The van der Waals surface area contributed by atoms with Crippen LogP contribution in [-0.4, -0.2) is 17.1 Å². The van der Waals surface area contributed by atoms with Crippen molar-refractivity contribution in [3.8, 4) is 0 Å². The fourth-order valence-electron chi connectivity index (χ4n) is 2.24. The molecule has 3 heteroatoms. The first-order valence-corrected chi connectivity index (χ1v) is 5.68. The first-order valence-electron chi connectivity index (χ1n) is 5.68. The van der Waals surface area contributed by atoms with Gasteiger partial charge in [0.15, 0.2) is 0 Å². The molecule has 1 rings (SSSR count). The molecule has 0 aromatic carbocycles. The Labute approximate surface area is 85.7 Å². The predicted octanol–water partition coefficient (Wildman–Crippen LogP) is 2.15. The summed E-state index contributed by atoms with van der Waals surface area (Å²) in [5, 5.41) is 8.71. The monoisotopic (exact) mass is 199 g/mol. The van der Waals surface area contributed by atoms with E-state index in [-0.39, 0.29) is 0 Å². The van der Waals surface area contributed by atoms with Crippen molar-refractivity contribution in [1.82, 2.24) is 0 Å². The summed E-state index contributed by atoms with van der Waals surface area (Å²) in [7, 11) is 0. The van der Waals surface area contributed by atoms with Crippen LogP contribution >= 0.6 is 0 Å². The Balaban J connectivity index is 2.29. The molecule has 1 atom stereocenters. The fraction of sp³-hybridized carbons (Fsp3) is 0.909. The van der Waals surface area contributed by atoms with E-state index in [1.54, 1.807) is 0 Å². The summed E-state index contributed by atoms with van der Waals surface area (Å²) in [6.45, 7) is 0. The second-order valence-electron chi connectivity index (χ2n) is 4.39. The minimum atomic E-state index is -0.855. The van der Waals surface area contributed by atoms with Gasteiger partial charge < -0.3 is 10.8 Å². The van der Waals surface area contributed by atoms with Crippen LogP contribution in [0, 0.1) is 5.92 Å². The van der Waals surface area contributed by atoms with Gasteiger partial charge in [-0.05, 0) is 12.3 Å². The molecular formula is C11H21NO2. The normalized spacial score (nSPS) is 22.4. The Bertz CT molecular complexity index is 174. The van der Waals surface area contributed by atoms with Crippen molar-refractivity contribution in [3.05, 3.63) is 0 Å². The van der Waals surface area contributed by atoms with Crippen molar-refractivity contribution in [1.29, 1.82) is 0 Å². The van der Waals surface area contributed by atoms with Crippen LogP contribution in [0.25, 0.3) is 0 Å². The molecule has 0 bridgehead atoms. The van der Waals surface area contributed by atoms with Crippen molar-refractivity contribution < 1.29 is 9.90 Å². The molecule has 3 nitrogen and oxygen atoms in total. The van der Waals surface area contributed by atoms with Crippen molar-refractivity contribution >= 4 is 5.97 Å². The average molecular weight is 199 g/mol. The van der Waals surface area contributed by atoms with Crippen LogP contribution in [0.4, 0.5) is 0 Å². The van der Waals surface area contributed by atoms with E-state index in [1.807, 2.05) is 0 Å². The fourth-order valence-corrected chi connectivity index (χ4v) is 2.24. The Morgan fingerprint density at radius 3 is 2.21 bits per heavy atom. The van der Waals surface area contributed by atoms with Gasteiger partial charge in [-0.15, -0.1) is 0 Å². The number of aliphatic carboxylic acids is 1. The minimum absolute atomic E-state index is 0.543. The highest BCUT2D eigenvalue weighted by Crippen LogP contribution is 2.25. The SMILES string of the molecule is N[C@H](CC1CCCCCCC1)C(=O)O. The zero-order valence-electron chi connectivity index (χ0n) is 8.74. The van der Waals surface area contributed by atoms with E-state index in [0.29, 0.717) is 12.3 Å². The number of hydrogen-bond donors (Lipinski definition) is 2. The third-order valence-electron chi connectivity index (χ3n) is 3.13. The summed E-state index contributed by atoms with van der Waals surface area (Å²) < 4.78 is 0. The van der Waals surface area contributed by atoms with Gasteiger partial charge in [0.25, 0.3) is 0 Å². The Morgan fingerprint density at radius 2 is 1.71 bits per heavy atom. The summed E-state index contributed by atoms with van der Waals surface area (Å²) in [6.07, 6.45) is 9.45. The molecule has 1 aliphatic rings. The zero-order chi connectivity index (χ0) is 10.4. The Kier molecular flexibility index (Phi) is 4.94. The van der Waals surface area contributed by atoms with Crippen molar-refractivity contribution in [2.24, 2.45) is 11.7 Å². The number of rotatable bonds is 3. The van der Waals surface area contributed by atoms with E-state index < -0.39 is 12.0 Å². The van der Waals surface area contributed by atoms with Crippen molar-refractivity contribution in [2.75, 3.05) is 0 Å². The number of carboxylic acid groups (broad SMARTS) is 1. The van der Waals surface area contributed by atoms with Gasteiger partial charge in [-0.1, -0.05) is 44.9 Å². The quantitative estimate of drug-likeness (QED) is 0.732. The number of nitrogens with two attached hydrogens (primary N) is 1. The van der Waals surface area contributed by atoms with Crippen LogP contribution < -0.4 is 5.73 Å². The molecule has 0 unspecified atom stereocenters. The molecule has 0 aliphatic heterocycles. The van der Waals surface area contributed by atoms with Gasteiger partial charge in [0.05, 0.1) is 0 Å². The van der Waals surface area contributed by atoms with Gasteiger partial charge in [-0.3, -0.25) is 4.79 Å². The molecule has 14 heavy (non-hydrogen) atoms. The molecule has 0 amide bonds. The van der Waals surface area contributed by atoms with Crippen LogP contribution in [0.5, 0.6) is 0 Å². The molecule has 0 aromatic heterocycles. The molecule has 1 aliphatic carbocycles. The largest absolute Gasteiger partial charge is 0.480 e. The summed E-state index contributed by atoms with van der Waals surface area (Å²) in [5.74, 6) is -0.312. The molecule has 0 aromatic rings. The van der Waals surface area contributed by atoms with Crippen molar-refractivity contribution in [2.45, 2.75) is 57.4 Å². The van der Waals surface area contributed by atoms with Gasteiger partial charge in [0, 0.05) is 0 Å². The molecule has 0 spiro atoms. The van der Waals surface area contributed by atoms with Crippen LogP contribution in [0.2, 0.25) is 0 Å². The van der Waals surface area contributed by atoms with Crippen LogP contribution in [0.1, 0.15) is 51.4 Å². The molecule has 82 valence electrons. The van der Waals surface area contributed by atoms with Gasteiger partial charge in [-0.25, -0.2) is 0 Å². The van der Waals surface area contributed by atoms with E-state index in [0.717, 1.165) is 0 Å². The molecule has 1 saturated carbocycles. The standard InChI is InChI=1S/C11H21NO2/c12-10(11(13)14)8-9-6-4-2-1-3-5-7-9/h9-10H,1-8,12H2,(H,13,14)/t10-/m1/s1. The molecule has 0 saturated heterocycles. The summed E-state index contributed by atoms with van der Waals surface area (Å²) in [5.41, 5.74) is 5.54.